The van der Waals surface area contributed by atoms with Crippen LogP contribution in [0.3, 0.4) is 0 Å². The predicted octanol–water partition coefficient (Wildman–Crippen LogP) is 8.88. The third-order valence-corrected chi connectivity index (χ3v) is 10.3. The van der Waals surface area contributed by atoms with Crippen LogP contribution in [0.5, 0.6) is 0 Å². The molecule has 1 saturated carbocycles. The monoisotopic (exact) mass is 594 g/mol. The number of carbonyl (C=O) groups excluding carboxylic acids is 1. The van der Waals surface area contributed by atoms with E-state index in [0.29, 0.717) is 10.8 Å². The van der Waals surface area contributed by atoms with Gasteiger partial charge < -0.3 is 10.4 Å². The van der Waals surface area contributed by atoms with Gasteiger partial charge in [-0.3, -0.25) is 9.78 Å². The standard InChI is InChI=1S/C37H42N2O3S/c1-5-24-6-10-26(11-7-24)27-14-16-28(17-15-27)30-18-19-31(38-23-30)29-12-8-25(9-13-29)22-32(36(41)42)39-35(40)33-20-21-34(43-33)37(2,3)4/h8-9,12-21,23-24,26,32H,5-7,10-11,22H2,1-4H3,(H,39,40)(H,41,42)/t24-,26-,32-/m0/s1. The molecule has 0 bridgehead atoms. The summed E-state index contributed by atoms with van der Waals surface area (Å²) >= 11 is 1.40. The van der Waals surface area contributed by atoms with Crippen LogP contribution in [0.4, 0.5) is 0 Å². The maximum absolute atomic E-state index is 12.8. The number of aliphatic carboxylic acids is 1. The highest BCUT2D eigenvalue weighted by molar-refractivity contribution is 7.14. The second-order valence-corrected chi connectivity index (χ2v) is 13.9. The first kappa shape index (κ1) is 30.7. The summed E-state index contributed by atoms with van der Waals surface area (Å²) in [5.74, 6) is 0.177. The number of nitrogens with one attached hydrogen (secondary N) is 1. The zero-order valence-electron chi connectivity index (χ0n) is 25.6. The Hall–Kier alpha value is -3.77. The van der Waals surface area contributed by atoms with Crippen LogP contribution in [-0.4, -0.2) is 28.0 Å². The lowest BCUT2D eigenvalue weighted by Crippen LogP contribution is -2.42. The second-order valence-electron chi connectivity index (χ2n) is 12.9. The lowest BCUT2D eigenvalue weighted by molar-refractivity contribution is -0.139. The number of thiophene rings is 1. The van der Waals surface area contributed by atoms with Crippen LogP contribution in [0.2, 0.25) is 0 Å². The van der Waals surface area contributed by atoms with Gasteiger partial charge >= 0.3 is 5.97 Å². The molecule has 5 rings (SSSR count). The summed E-state index contributed by atoms with van der Waals surface area (Å²) in [6, 6.07) is 23.5. The molecule has 43 heavy (non-hydrogen) atoms. The van der Waals surface area contributed by atoms with Gasteiger partial charge in [0.15, 0.2) is 0 Å². The maximum atomic E-state index is 12.8. The lowest BCUT2D eigenvalue weighted by atomic mass is 9.78. The molecule has 2 N–H and O–H groups in total. The number of aromatic nitrogens is 1. The number of amides is 1. The average Bonchev–Trinajstić information content (AvgIpc) is 3.53. The Morgan fingerprint density at radius 1 is 0.884 bits per heavy atom. The summed E-state index contributed by atoms with van der Waals surface area (Å²) in [6.45, 7) is 8.57. The molecule has 2 aromatic heterocycles. The molecule has 1 amide bonds. The van der Waals surface area contributed by atoms with Gasteiger partial charge in [-0.1, -0.05) is 88.7 Å². The second kappa shape index (κ2) is 13.3. The van der Waals surface area contributed by atoms with E-state index in [1.807, 2.05) is 42.6 Å². The van der Waals surface area contributed by atoms with E-state index < -0.39 is 12.0 Å². The minimum Gasteiger partial charge on any atom is -0.480 e. The number of nitrogens with zero attached hydrogens (tertiary/aromatic N) is 1. The Balaban J connectivity index is 1.19. The number of carbonyl (C=O) groups is 2. The summed E-state index contributed by atoms with van der Waals surface area (Å²) in [6.07, 6.45) is 8.70. The summed E-state index contributed by atoms with van der Waals surface area (Å²) in [5.41, 5.74) is 6.28. The fraction of sp³-hybridized carbons (Fsp3) is 0.378. The fourth-order valence-electron chi connectivity index (χ4n) is 5.93. The van der Waals surface area contributed by atoms with E-state index >= 15 is 0 Å². The molecule has 0 saturated heterocycles. The van der Waals surface area contributed by atoms with Crippen LogP contribution in [0.1, 0.15) is 91.4 Å². The van der Waals surface area contributed by atoms with Gasteiger partial charge in [0, 0.05) is 28.6 Å². The zero-order valence-corrected chi connectivity index (χ0v) is 26.4. The fourth-order valence-corrected chi connectivity index (χ4v) is 6.89. The summed E-state index contributed by atoms with van der Waals surface area (Å²) < 4.78 is 0. The molecule has 1 aliphatic carbocycles. The minimum absolute atomic E-state index is 0.0646. The highest BCUT2D eigenvalue weighted by atomic mass is 32.1. The van der Waals surface area contributed by atoms with Gasteiger partial charge in [-0.15, -0.1) is 11.3 Å². The molecule has 4 aromatic rings. The van der Waals surface area contributed by atoms with Crippen LogP contribution in [0, 0.1) is 5.92 Å². The molecule has 2 aromatic carbocycles. The quantitative estimate of drug-likeness (QED) is 0.203. The molecule has 224 valence electrons. The van der Waals surface area contributed by atoms with E-state index in [1.165, 1.54) is 54.6 Å². The Kier molecular flexibility index (Phi) is 9.46. The van der Waals surface area contributed by atoms with Crippen LogP contribution in [-0.2, 0) is 16.6 Å². The summed E-state index contributed by atoms with van der Waals surface area (Å²) in [4.78, 5) is 31.1. The number of rotatable bonds is 9. The van der Waals surface area contributed by atoms with Crippen LogP contribution < -0.4 is 5.32 Å². The number of benzene rings is 2. The maximum Gasteiger partial charge on any atom is 0.326 e. The van der Waals surface area contributed by atoms with Crippen molar-refractivity contribution in [2.75, 3.05) is 0 Å². The molecule has 0 aliphatic heterocycles. The van der Waals surface area contributed by atoms with Crippen LogP contribution in [0.15, 0.2) is 79.0 Å². The minimum atomic E-state index is -1.06. The van der Waals surface area contributed by atoms with Crippen molar-refractivity contribution < 1.29 is 14.7 Å². The zero-order chi connectivity index (χ0) is 30.6. The van der Waals surface area contributed by atoms with Gasteiger partial charge in [-0.2, -0.15) is 0 Å². The molecule has 1 fully saturated rings. The third kappa shape index (κ3) is 7.61. The van der Waals surface area contributed by atoms with Gasteiger partial charge in [0.1, 0.15) is 6.04 Å². The highest BCUT2D eigenvalue weighted by Gasteiger charge is 2.24. The smallest absolute Gasteiger partial charge is 0.326 e. The summed E-state index contributed by atoms with van der Waals surface area (Å²) in [7, 11) is 0. The molecule has 2 heterocycles. The first-order chi connectivity index (χ1) is 20.6. The van der Waals surface area contributed by atoms with Crippen molar-refractivity contribution in [2.24, 2.45) is 5.92 Å². The molecule has 0 radical (unpaired) electrons. The van der Waals surface area contributed by atoms with Crippen molar-refractivity contribution in [1.29, 1.82) is 0 Å². The molecule has 0 spiro atoms. The Labute approximate surface area is 259 Å². The topological polar surface area (TPSA) is 79.3 Å². The van der Waals surface area contributed by atoms with E-state index in [2.05, 4.69) is 63.3 Å². The number of hydrogen-bond donors (Lipinski definition) is 2. The number of hydrogen-bond acceptors (Lipinski definition) is 4. The predicted molar refractivity (Wildman–Crippen MR) is 176 cm³/mol. The molecule has 0 unspecified atom stereocenters. The van der Waals surface area contributed by atoms with Crippen molar-refractivity contribution in [3.8, 4) is 22.4 Å². The van der Waals surface area contributed by atoms with Crippen molar-refractivity contribution >= 4 is 23.2 Å². The van der Waals surface area contributed by atoms with E-state index in [4.69, 9.17) is 4.98 Å². The van der Waals surface area contributed by atoms with Crippen molar-refractivity contribution in [3.63, 3.8) is 0 Å². The average molecular weight is 595 g/mol. The number of carboxylic acid groups (broad SMARTS) is 1. The SMILES string of the molecule is CC[C@H]1CC[C@H](c2ccc(-c3ccc(-c4ccc(C[C@H](NC(=O)c5ccc(C(C)(C)C)s5)C(=O)O)cc4)nc3)cc2)CC1. The van der Waals surface area contributed by atoms with Gasteiger partial charge in [-0.05, 0) is 77.8 Å². The highest BCUT2D eigenvalue weighted by Crippen LogP contribution is 2.37. The first-order valence-corrected chi connectivity index (χ1v) is 16.2. The number of carboxylic acids is 1. The molecular formula is C37H42N2O3S. The lowest BCUT2D eigenvalue weighted by Gasteiger charge is -2.28. The van der Waals surface area contributed by atoms with Crippen LogP contribution in [0.25, 0.3) is 22.4 Å². The van der Waals surface area contributed by atoms with Gasteiger partial charge in [0.2, 0.25) is 0 Å². The summed E-state index contributed by atoms with van der Waals surface area (Å²) in [5, 5.41) is 12.5. The molecular weight excluding hydrogens is 552 g/mol. The Morgan fingerprint density at radius 2 is 1.53 bits per heavy atom. The van der Waals surface area contributed by atoms with Gasteiger partial charge in [-0.25, -0.2) is 4.79 Å². The largest absolute Gasteiger partial charge is 0.480 e. The van der Waals surface area contributed by atoms with E-state index in [1.54, 1.807) is 6.07 Å². The molecule has 5 nitrogen and oxygen atoms in total. The third-order valence-electron chi connectivity index (χ3n) is 8.76. The van der Waals surface area contributed by atoms with Gasteiger partial charge in [0.25, 0.3) is 5.91 Å². The van der Waals surface area contributed by atoms with E-state index in [-0.39, 0.29) is 17.7 Å². The van der Waals surface area contributed by atoms with Gasteiger partial charge in [0.05, 0.1) is 10.6 Å². The molecule has 1 atom stereocenters. The molecule has 1 aliphatic rings. The van der Waals surface area contributed by atoms with Crippen molar-refractivity contribution in [1.82, 2.24) is 10.3 Å². The molecule has 6 heteroatoms. The van der Waals surface area contributed by atoms with Crippen molar-refractivity contribution in [2.45, 2.75) is 83.6 Å². The van der Waals surface area contributed by atoms with E-state index in [9.17, 15) is 14.7 Å². The first-order valence-electron chi connectivity index (χ1n) is 15.4. The van der Waals surface area contributed by atoms with Crippen LogP contribution >= 0.6 is 11.3 Å². The number of pyridine rings is 1. The van der Waals surface area contributed by atoms with E-state index in [0.717, 1.165) is 33.2 Å². The van der Waals surface area contributed by atoms with Crippen molar-refractivity contribution in [3.05, 3.63) is 99.9 Å². The normalized spacial score (nSPS) is 17.8. The Bertz CT molecular complexity index is 1520. The Morgan fingerprint density at radius 3 is 2.09 bits per heavy atom.